The van der Waals surface area contributed by atoms with Gasteiger partial charge in [0.2, 0.25) is 0 Å². The normalized spacial score (nSPS) is 16.9. The van der Waals surface area contributed by atoms with Crippen LogP contribution in [0.5, 0.6) is 23.0 Å². The highest BCUT2D eigenvalue weighted by molar-refractivity contribution is 7.12. The average Bonchev–Trinajstić information content (AvgIpc) is 1.21. The molecule has 82 heavy (non-hydrogen) atoms. The Morgan fingerprint density at radius 1 is 0.451 bits per heavy atom. The number of halogens is 2. The summed E-state index contributed by atoms with van der Waals surface area (Å²) in [7, 11) is 2.41. The molecule has 0 aliphatic heterocycles. The highest BCUT2D eigenvalue weighted by Crippen LogP contribution is 2.64. The number of ether oxygens (including phenoxy) is 4. The summed E-state index contributed by atoms with van der Waals surface area (Å²) in [6.07, 6.45) is 0. The van der Waals surface area contributed by atoms with Gasteiger partial charge in [-0.1, -0.05) is 36.4 Å². The Labute approximate surface area is 471 Å². The van der Waals surface area contributed by atoms with Crippen molar-refractivity contribution in [2.24, 2.45) is 0 Å². The fourth-order valence-electron chi connectivity index (χ4n) is 9.53. The lowest BCUT2D eigenvalue weighted by atomic mass is 9.43. The van der Waals surface area contributed by atoms with E-state index in [2.05, 4.69) is 31.9 Å². The molecule has 20 nitrogen and oxygen atoms in total. The monoisotopic (exact) mass is 1150 g/mol. The number of amides is 6. The molecular weight excluding hydrogens is 1110 g/mol. The summed E-state index contributed by atoms with van der Waals surface area (Å²) in [6.45, 7) is 0. The lowest BCUT2D eigenvalue weighted by Gasteiger charge is -2.64. The fourth-order valence-corrected chi connectivity index (χ4v) is 10.7. The van der Waals surface area contributed by atoms with E-state index in [1.54, 1.807) is 22.9 Å². The number of rotatable bonds is 18. The molecule has 6 amide bonds. The lowest BCUT2D eigenvalue weighted by Crippen LogP contribution is -2.86. The van der Waals surface area contributed by atoms with Gasteiger partial charge in [-0.15, -0.1) is 22.7 Å². The van der Waals surface area contributed by atoms with Crippen LogP contribution in [0.25, 0.3) is 0 Å². The standard InChI is InChI=1S/C58H44F2N6O14S2/c1-77-43-27-33(17-23-41(43)79-51(69)45-11-5-25-81-45)47-57(53(71)72,65-49(67)31-13-19-37(20-14-31)61-55(75)63-39-9-3-7-35(59)29-39)48(34-18-24-42(44(28-34)78-2)80-52(70)46-12-6-26-82-46)58(47,54(73)74)66-50(68)32-15-21-38(22-16-32)62-56(76)64-40-10-4-8-36(60)30-40/h3-30,47-48H,1-2H3,(H,65,67)(H,66,68)(H,71,72)(H,73,74)(H2,61,63,75)(H2,62,64,76). The number of methoxy groups -OCH3 is 2. The van der Waals surface area contributed by atoms with Crippen molar-refractivity contribution in [1.29, 1.82) is 0 Å². The maximum absolute atomic E-state index is 14.8. The molecule has 0 spiro atoms. The van der Waals surface area contributed by atoms with Crippen LogP contribution in [0.15, 0.2) is 168 Å². The molecule has 0 unspecified atom stereocenters. The highest BCUT2D eigenvalue weighted by Gasteiger charge is 2.80. The Morgan fingerprint density at radius 3 is 1.16 bits per heavy atom. The summed E-state index contributed by atoms with van der Waals surface area (Å²) in [4.78, 5) is 112. The van der Waals surface area contributed by atoms with E-state index in [0.29, 0.717) is 0 Å². The van der Waals surface area contributed by atoms with Gasteiger partial charge in [-0.05, 0) is 143 Å². The average molecular weight is 1150 g/mol. The van der Waals surface area contributed by atoms with E-state index in [1.807, 2.05) is 0 Å². The lowest BCUT2D eigenvalue weighted by molar-refractivity contribution is -0.171. The summed E-state index contributed by atoms with van der Waals surface area (Å²) in [5.41, 5.74) is -5.84. The zero-order valence-electron chi connectivity index (χ0n) is 42.7. The zero-order chi connectivity index (χ0) is 58.3. The summed E-state index contributed by atoms with van der Waals surface area (Å²) in [5.74, 6) is -13.4. The first-order chi connectivity index (χ1) is 39.4. The molecule has 8 N–H and O–H groups in total. The van der Waals surface area contributed by atoms with Crippen molar-refractivity contribution in [2.45, 2.75) is 22.9 Å². The van der Waals surface area contributed by atoms with E-state index in [4.69, 9.17) is 18.9 Å². The van der Waals surface area contributed by atoms with Crippen molar-refractivity contribution in [2.75, 3.05) is 35.5 Å². The van der Waals surface area contributed by atoms with Crippen LogP contribution in [0.1, 0.15) is 63.0 Å². The Kier molecular flexibility index (Phi) is 16.4. The number of anilines is 4. The first kappa shape index (κ1) is 56.3. The summed E-state index contributed by atoms with van der Waals surface area (Å²) in [5, 5.41) is 42.3. The number of aliphatic carboxylic acids is 2. The maximum Gasteiger partial charge on any atom is 0.353 e. The number of hydrogen-bond donors (Lipinski definition) is 8. The van der Waals surface area contributed by atoms with Crippen LogP contribution in [0.3, 0.4) is 0 Å². The van der Waals surface area contributed by atoms with Crippen LogP contribution < -0.4 is 50.8 Å². The van der Waals surface area contributed by atoms with Gasteiger partial charge >= 0.3 is 35.9 Å². The minimum atomic E-state index is -2.81. The van der Waals surface area contributed by atoms with E-state index >= 15 is 0 Å². The molecule has 24 heteroatoms. The molecular formula is C58H44F2N6O14S2. The van der Waals surface area contributed by atoms with Gasteiger partial charge in [0.1, 0.15) is 21.4 Å². The maximum atomic E-state index is 14.8. The van der Waals surface area contributed by atoms with E-state index < -0.39 is 82.3 Å². The van der Waals surface area contributed by atoms with Gasteiger partial charge in [0.05, 0.1) is 26.1 Å². The minimum Gasteiger partial charge on any atom is -0.493 e. The van der Waals surface area contributed by atoms with Crippen LogP contribution in [0, 0.1) is 11.6 Å². The van der Waals surface area contributed by atoms with E-state index in [9.17, 15) is 57.4 Å². The van der Waals surface area contributed by atoms with Gasteiger partial charge in [0.15, 0.2) is 34.1 Å². The van der Waals surface area contributed by atoms with E-state index in [-0.39, 0.29) is 77.8 Å². The van der Waals surface area contributed by atoms with Gasteiger partial charge in [0.25, 0.3) is 11.8 Å². The van der Waals surface area contributed by atoms with E-state index in [0.717, 1.165) is 34.8 Å². The van der Waals surface area contributed by atoms with Crippen molar-refractivity contribution in [1.82, 2.24) is 10.6 Å². The molecule has 2 heterocycles. The van der Waals surface area contributed by atoms with Crippen LogP contribution in [-0.4, -0.2) is 83.3 Å². The third kappa shape index (κ3) is 11.6. The summed E-state index contributed by atoms with van der Waals surface area (Å²) < 4.78 is 50.3. The zero-order valence-corrected chi connectivity index (χ0v) is 44.3. The highest BCUT2D eigenvalue weighted by atomic mass is 32.1. The number of benzene rings is 6. The molecule has 1 aliphatic rings. The molecule has 6 aromatic carbocycles. The number of esters is 2. The van der Waals surface area contributed by atoms with Crippen LogP contribution in [-0.2, 0) is 9.59 Å². The van der Waals surface area contributed by atoms with Gasteiger partial charge in [-0.25, -0.2) is 37.5 Å². The first-order valence-corrected chi connectivity index (χ1v) is 26.0. The molecule has 0 saturated heterocycles. The Bertz CT molecular complexity index is 3520. The van der Waals surface area contributed by atoms with Crippen molar-refractivity contribution in [3.63, 3.8) is 0 Å². The second-order valence-electron chi connectivity index (χ2n) is 18.0. The largest absolute Gasteiger partial charge is 0.493 e. The topological polar surface area (TPSA) is 286 Å². The number of carbonyl (C=O) groups excluding carboxylic acids is 6. The van der Waals surface area contributed by atoms with Gasteiger partial charge in [-0.2, -0.15) is 0 Å². The number of carbonyl (C=O) groups is 8. The Morgan fingerprint density at radius 2 is 0.829 bits per heavy atom. The minimum absolute atomic E-state index is 0.139. The molecule has 1 aliphatic carbocycles. The number of thiophene rings is 2. The number of carboxylic acids is 2. The molecule has 416 valence electrons. The second-order valence-corrected chi connectivity index (χ2v) is 19.9. The number of hydrogen-bond acceptors (Lipinski definition) is 14. The van der Waals surface area contributed by atoms with Crippen molar-refractivity contribution < 1.29 is 76.3 Å². The SMILES string of the molecule is COc1cc(C2C(NC(=O)c3ccc(NC(=O)Nc4cccc(F)c4)cc3)(C(=O)O)C(c3ccc(OC(=O)c4cccs4)c(OC)c3)C2(NC(=O)c2ccc(NC(=O)Nc3cccc(F)c3)cc2)C(=O)O)ccc1OC(=O)c1cccs1. The first-order valence-electron chi connectivity index (χ1n) is 24.3. The Balaban J connectivity index is 1.15. The smallest absolute Gasteiger partial charge is 0.353 e. The predicted molar refractivity (Wildman–Crippen MR) is 297 cm³/mol. The Hall–Kier alpha value is -10.5. The summed E-state index contributed by atoms with van der Waals surface area (Å²) in [6, 6.07) is 32.5. The van der Waals surface area contributed by atoms with Gasteiger partial charge < -0.3 is 61.1 Å². The molecule has 0 bridgehead atoms. The number of carboxylic acid groups (broad SMARTS) is 2. The molecule has 2 aromatic heterocycles. The van der Waals surface area contributed by atoms with Crippen molar-refractivity contribution in [3.05, 3.63) is 212 Å². The van der Waals surface area contributed by atoms with E-state index in [1.165, 1.54) is 148 Å². The van der Waals surface area contributed by atoms with Crippen molar-refractivity contribution in [3.8, 4) is 23.0 Å². The molecule has 0 radical (unpaired) electrons. The summed E-state index contributed by atoms with van der Waals surface area (Å²) >= 11 is 2.17. The van der Waals surface area contributed by atoms with Gasteiger partial charge in [0, 0.05) is 33.9 Å². The molecule has 0 atom stereocenters. The number of nitrogens with one attached hydrogen (secondary N) is 6. The fraction of sp³-hybridized carbons (Fsp3) is 0.103. The molecule has 8 aromatic rings. The number of urea groups is 2. The van der Waals surface area contributed by atoms with Gasteiger partial charge in [-0.3, -0.25) is 9.59 Å². The second kappa shape index (κ2) is 23.9. The van der Waals surface area contributed by atoms with Crippen LogP contribution in [0.2, 0.25) is 0 Å². The third-order valence-electron chi connectivity index (χ3n) is 13.0. The van der Waals surface area contributed by atoms with Crippen molar-refractivity contribution >= 4 is 93.2 Å². The van der Waals surface area contributed by atoms with Crippen LogP contribution >= 0.6 is 22.7 Å². The molecule has 1 saturated carbocycles. The van der Waals surface area contributed by atoms with Crippen LogP contribution in [0.4, 0.5) is 41.1 Å². The molecule has 9 rings (SSSR count). The quantitative estimate of drug-likeness (QED) is 0.0293. The third-order valence-corrected chi connectivity index (χ3v) is 14.7. The molecule has 1 fully saturated rings. The predicted octanol–water partition coefficient (Wildman–Crippen LogP) is 10.2.